The highest BCUT2D eigenvalue weighted by atomic mass is 35.5. The van der Waals surface area contributed by atoms with Crippen LogP contribution in [0.1, 0.15) is 0 Å². The van der Waals surface area contributed by atoms with Gasteiger partial charge in [-0.25, -0.2) is 4.68 Å². The van der Waals surface area contributed by atoms with Crippen molar-refractivity contribution in [2.45, 2.75) is 0 Å². The number of nitrogens with zero attached hydrogens (tertiary/aromatic N) is 3. The number of hydrogen-bond donors (Lipinski definition) is 0. The molecule has 0 aliphatic rings. The van der Waals surface area contributed by atoms with Crippen molar-refractivity contribution in [1.29, 1.82) is 0 Å². The molecule has 1 heterocycles. The van der Waals surface area contributed by atoms with E-state index in [1.165, 1.54) is 11.0 Å². The van der Waals surface area contributed by atoms with Gasteiger partial charge in [0.1, 0.15) is 13.4 Å². The molecule has 0 aliphatic carbocycles. The van der Waals surface area contributed by atoms with Crippen molar-refractivity contribution in [3.05, 3.63) is 41.7 Å². The summed E-state index contributed by atoms with van der Waals surface area (Å²) in [6, 6.07) is 5.27. The zero-order valence-electron chi connectivity index (χ0n) is 7.52. The van der Waals surface area contributed by atoms with Crippen LogP contribution in [0, 0.1) is 7.11 Å². The number of hydrogen-bond acceptors (Lipinski definition) is 3. The second kappa shape index (κ2) is 4.08. The second-order valence-corrected chi connectivity index (χ2v) is 3.56. The van der Waals surface area contributed by atoms with Gasteiger partial charge < -0.3 is 4.74 Å². The lowest BCUT2D eigenvalue weighted by atomic mass is 10.3. The van der Waals surface area contributed by atoms with Crippen LogP contribution in [-0.4, -0.2) is 14.8 Å². The van der Waals surface area contributed by atoms with Gasteiger partial charge in [0.15, 0.2) is 0 Å². The molecule has 0 unspecified atom stereocenters. The van der Waals surface area contributed by atoms with Gasteiger partial charge >= 0.3 is 6.01 Å². The first-order chi connectivity index (χ1) is 7.20. The maximum atomic E-state index is 5.99. The van der Waals surface area contributed by atoms with Gasteiger partial charge in [0, 0.05) is 5.02 Å². The van der Waals surface area contributed by atoms with Crippen LogP contribution in [0.3, 0.4) is 0 Å². The van der Waals surface area contributed by atoms with Gasteiger partial charge in [-0.2, -0.15) is 4.98 Å². The molecule has 0 N–H and O–H groups in total. The van der Waals surface area contributed by atoms with Gasteiger partial charge in [0.2, 0.25) is 0 Å². The summed E-state index contributed by atoms with van der Waals surface area (Å²) in [6.07, 6.45) is 1.48. The number of aromatic nitrogens is 3. The Bertz CT molecular complexity index is 484. The molecule has 0 saturated carbocycles. The molecular weight excluding hydrogens is 237 g/mol. The first-order valence-electron chi connectivity index (χ1n) is 4.00. The lowest BCUT2D eigenvalue weighted by molar-refractivity contribution is 0.432. The van der Waals surface area contributed by atoms with Crippen LogP contribution < -0.4 is 4.74 Å². The molecule has 0 amide bonds. The molecule has 4 nitrogen and oxygen atoms in total. The first kappa shape index (κ1) is 10.3. The predicted octanol–water partition coefficient (Wildman–Crippen LogP) is 2.74. The topological polar surface area (TPSA) is 39.9 Å². The van der Waals surface area contributed by atoms with Crippen LogP contribution >= 0.6 is 23.2 Å². The Morgan fingerprint density at radius 2 is 2.13 bits per heavy atom. The van der Waals surface area contributed by atoms with Crippen molar-refractivity contribution in [1.82, 2.24) is 14.8 Å². The minimum absolute atomic E-state index is 0.181. The van der Waals surface area contributed by atoms with E-state index in [9.17, 15) is 0 Å². The molecule has 1 aromatic carbocycles. The Morgan fingerprint density at radius 3 is 2.73 bits per heavy atom. The lowest BCUT2D eigenvalue weighted by Gasteiger charge is -2.02. The molecule has 1 aromatic heterocycles. The first-order valence-corrected chi connectivity index (χ1v) is 4.75. The van der Waals surface area contributed by atoms with Crippen molar-refractivity contribution in [2.75, 3.05) is 0 Å². The maximum Gasteiger partial charge on any atom is 0.335 e. The SMILES string of the molecule is [CH2]Oc1ncn(-c2ccc(Cl)cc2Cl)n1. The normalized spacial score (nSPS) is 10.3. The van der Waals surface area contributed by atoms with E-state index in [4.69, 9.17) is 23.2 Å². The number of ether oxygens (including phenoxy) is 1. The maximum absolute atomic E-state index is 5.99. The highest BCUT2D eigenvalue weighted by molar-refractivity contribution is 6.35. The Hall–Kier alpha value is -1.26. The molecule has 6 heteroatoms. The van der Waals surface area contributed by atoms with Gasteiger partial charge in [0.25, 0.3) is 0 Å². The summed E-state index contributed by atoms with van der Waals surface area (Å²) in [5, 5.41) is 5.04. The fourth-order valence-electron chi connectivity index (χ4n) is 1.10. The molecule has 0 fully saturated rings. The van der Waals surface area contributed by atoms with E-state index in [0.29, 0.717) is 15.7 Å². The van der Waals surface area contributed by atoms with Crippen LogP contribution in [0.25, 0.3) is 5.69 Å². The van der Waals surface area contributed by atoms with Gasteiger partial charge in [-0.1, -0.05) is 23.2 Å². The average Bonchev–Trinajstić information content (AvgIpc) is 2.66. The molecule has 0 atom stereocenters. The van der Waals surface area contributed by atoms with Crippen LogP contribution in [0.5, 0.6) is 6.01 Å². The zero-order chi connectivity index (χ0) is 10.8. The molecule has 0 spiro atoms. The summed E-state index contributed by atoms with van der Waals surface area (Å²) < 4.78 is 6.10. The van der Waals surface area contributed by atoms with Gasteiger partial charge in [-0.05, 0) is 18.2 Å². The van der Waals surface area contributed by atoms with Crippen LogP contribution in [0.15, 0.2) is 24.5 Å². The fourth-order valence-corrected chi connectivity index (χ4v) is 1.59. The molecule has 0 bridgehead atoms. The summed E-state index contributed by atoms with van der Waals surface area (Å²) in [4.78, 5) is 3.85. The van der Waals surface area contributed by atoms with Gasteiger partial charge in [0.05, 0.1) is 10.7 Å². The largest absolute Gasteiger partial charge is 0.459 e. The lowest BCUT2D eigenvalue weighted by Crippen LogP contribution is -1.95. The second-order valence-electron chi connectivity index (χ2n) is 2.71. The highest BCUT2D eigenvalue weighted by Crippen LogP contribution is 2.23. The minimum atomic E-state index is 0.181. The summed E-state index contributed by atoms with van der Waals surface area (Å²) >= 11 is 11.8. The molecule has 1 radical (unpaired) electrons. The highest BCUT2D eigenvalue weighted by Gasteiger charge is 2.06. The molecular formula is C9H6Cl2N3O. The Kier molecular flexibility index (Phi) is 2.79. The smallest absolute Gasteiger partial charge is 0.335 e. The third-order valence-corrected chi connectivity index (χ3v) is 2.29. The third-order valence-electron chi connectivity index (χ3n) is 1.76. The van der Waals surface area contributed by atoms with Crippen molar-refractivity contribution >= 4 is 23.2 Å². The summed E-state index contributed by atoms with van der Waals surface area (Å²) in [7, 11) is 3.21. The van der Waals surface area contributed by atoms with Crippen molar-refractivity contribution in [3.63, 3.8) is 0 Å². The van der Waals surface area contributed by atoms with E-state index in [2.05, 4.69) is 21.9 Å². The average molecular weight is 243 g/mol. The van der Waals surface area contributed by atoms with E-state index in [0.717, 1.165) is 0 Å². The standard InChI is InChI=1S/C9H6Cl2N3O/c1-15-9-12-5-14(13-9)8-3-2-6(10)4-7(8)11/h2-5H,1H2. The third kappa shape index (κ3) is 2.06. The quantitative estimate of drug-likeness (QED) is 0.814. The summed E-state index contributed by atoms with van der Waals surface area (Å²) in [5.41, 5.74) is 0.678. The molecule has 77 valence electrons. The Labute approximate surface area is 96.4 Å². The van der Waals surface area contributed by atoms with Crippen LogP contribution in [0.2, 0.25) is 10.0 Å². The van der Waals surface area contributed by atoms with Gasteiger partial charge in [-0.15, -0.1) is 5.10 Å². The summed E-state index contributed by atoms with van der Waals surface area (Å²) in [5.74, 6) is 0. The molecule has 15 heavy (non-hydrogen) atoms. The van der Waals surface area contributed by atoms with E-state index >= 15 is 0 Å². The van der Waals surface area contributed by atoms with E-state index in [1.807, 2.05) is 0 Å². The predicted molar refractivity (Wildman–Crippen MR) is 57.4 cm³/mol. The van der Waals surface area contributed by atoms with E-state index < -0.39 is 0 Å². The number of benzene rings is 1. The molecule has 0 aliphatic heterocycles. The molecule has 2 aromatic rings. The fraction of sp³-hybridized carbons (Fsp3) is 0. The van der Waals surface area contributed by atoms with Crippen molar-refractivity contribution in [3.8, 4) is 11.7 Å². The van der Waals surface area contributed by atoms with Crippen LogP contribution in [-0.2, 0) is 0 Å². The summed E-state index contributed by atoms with van der Waals surface area (Å²) in [6.45, 7) is 0. The number of rotatable bonds is 2. The Morgan fingerprint density at radius 1 is 1.33 bits per heavy atom. The zero-order valence-corrected chi connectivity index (χ0v) is 9.03. The minimum Gasteiger partial charge on any atom is -0.459 e. The van der Waals surface area contributed by atoms with Crippen molar-refractivity contribution < 1.29 is 4.74 Å². The van der Waals surface area contributed by atoms with Crippen molar-refractivity contribution in [2.24, 2.45) is 0 Å². The van der Waals surface area contributed by atoms with Gasteiger partial charge in [-0.3, -0.25) is 0 Å². The monoisotopic (exact) mass is 242 g/mol. The van der Waals surface area contributed by atoms with E-state index in [1.54, 1.807) is 18.2 Å². The molecule has 2 rings (SSSR count). The van der Waals surface area contributed by atoms with Crippen LogP contribution in [0.4, 0.5) is 0 Å². The van der Waals surface area contributed by atoms with E-state index in [-0.39, 0.29) is 6.01 Å². The molecule has 0 saturated heterocycles. The Balaban J connectivity index is 2.44. The number of halogens is 2.